The highest BCUT2D eigenvalue weighted by molar-refractivity contribution is 6.00. The molecule has 120 valence electrons. The molecule has 0 saturated carbocycles. The van der Waals surface area contributed by atoms with Crippen molar-refractivity contribution in [2.45, 2.75) is 26.3 Å². The number of para-hydroxylation sites is 1. The predicted molar refractivity (Wildman–Crippen MR) is 79.2 cm³/mol. The van der Waals surface area contributed by atoms with Gasteiger partial charge in [-0.05, 0) is 19.1 Å². The molecule has 0 aliphatic heterocycles. The number of nitrogens with zero attached hydrogens (tertiary/aromatic N) is 4. The number of nitrogens with one attached hydrogen (secondary N) is 2. The van der Waals surface area contributed by atoms with Crippen molar-refractivity contribution in [1.82, 2.24) is 25.0 Å². The third-order valence-corrected chi connectivity index (χ3v) is 3.19. The van der Waals surface area contributed by atoms with E-state index in [1.54, 1.807) is 31.2 Å². The maximum absolute atomic E-state index is 12.6. The number of amides is 1. The van der Waals surface area contributed by atoms with Gasteiger partial charge in [0.1, 0.15) is 12.4 Å². The van der Waals surface area contributed by atoms with Crippen LogP contribution in [0.2, 0.25) is 0 Å². The molecule has 2 N–H and O–H groups in total. The van der Waals surface area contributed by atoms with Crippen LogP contribution in [0.5, 0.6) is 0 Å². The Labute approximate surface area is 129 Å². The number of alkyl halides is 2. The maximum Gasteiger partial charge on any atom is 0.257 e. The Morgan fingerprint density at radius 1 is 1.39 bits per heavy atom. The highest BCUT2D eigenvalue weighted by atomic mass is 19.3. The molecule has 1 amide bonds. The standard InChI is InChI=1S/C14H14F2N6O/c1-8-17-12(20-19-8)6-13(23)18-14-9-4-2-3-5-10(9)22(21-14)7-11(15)16/h2-5,11H,6-7H2,1H3,(H,17,19,20)(H,18,21,23). The number of aromatic amines is 1. The molecule has 0 bridgehead atoms. The van der Waals surface area contributed by atoms with E-state index >= 15 is 0 Å². The minimum Gasteiger partial charge on any atom is -0.308 e. The number of halogens is 2. The molecule has 23 heavy (non-hydrogen) atoms. The van der Waals surface area contributed by atoms with Crippen LogP contribution in [0.15, 0.2) is 24.3 Å². The summed E-state index contributed by atoms with van der Waals surface area (Å²) in [7, 11) is 0. The van der Waals surface area contributed by atoms with Crippen LogP contribution in [-0.4, -0.2) is 37.3 Å². The third-order valence-electron chi connectivity index (χ3n) is 3.19. The summed E-state index contributed by atoms with van der Waals surface area (Å²) in [5.74, 6) is 0.853. The van der Waals surface area contributed by atoms with Gasteiger partial charge in [0, 0.05) is 5.39 Å². The van der Waals surface area contributed by atoms with Crippen LogP contribution >= 0.6 is 0 Å². The number of H-pyrrole nitrogens is 1. The summed E-state index contributed by atoms with van der Waals surface area (Å²) in [5, 5.41) is 13.8. The Morgan fingerprint density at radius 3 is 2.87 bits per heavy atom. The van der Waals surface area contributed by atoms with E-state index in [2.05, 4.69) is 25.6 Å². The molecular weight excluding hydrogens is 306 g/mol. The van der Waals surface area contributed by atoms with Gasteiger partial charge in [-0.15, -0.1) is 0 Å². The second-order valence-corrected chi connectivity index (χ2v) is 5.00. The van der Waals surface area contributed by atoms with Gasteiger partial charge in [0.05, 0.1) is 11.9 Å². The Bertz CT molecular complexity index is 841. The van der Waals surface area contributed by atoms with Crippen LogP contribution in [0.3, 0.4) is 0 Å². The fraction of sp³-hybridized carbons (Fsp3) is 0.286. The zero-order valence-corrected chi connectivity index (χ0v) is 12.3. The molecule has 2 aromatic heterocycles. The second-order valence-electron chi connectivity index (χ2n) is 5.00. The lowest BCUT2D eigenvalue weighted by Gasteiger charge is -2.01. The summed E-state index contributed by atoms with van der Waals surface area (Å²) < 4.78 is 26.5. The summed E-state index contributed by atoms with van der Waals surface area (Å²) >= 11 is 0. The molecule has 7 nitrogen and oxygen atoms in total. The van der Waals surface area contributed by atoms with Crippen LogP contribution in [0.1, 0.15) is 11.6 Å². The fourth-order valence-electron chi connectivity index (χ4n) is 2.28. The molecular formula is C14H14F2N6O. The first-order valence-electron chi connectivity index (χ1n) is 6.94. The number of benzene rings is 1. The van der Waals surface area contributed by atoms with Crippen LogP contribution in [-0.2, 0) is 17.8 Å². The van der Waals surface area contributed by atoms with E-state index in [4.69, 9.17) is 0 Å². The third kappa shape index (κ3) is 3.33. The van der Waals surface area contributed by atoms with Gasteiger partial charge in [-0.25, -0.2) is 13.8 Å². The van der Waals surface area contributed by atoms with Crippen molar-refractivity contribution in [2.24, 2.45) is 0 Å². The van der Waals surface area contributed by atoms with E-state index in [1.807, 2.05) is 0 Å². The molecule has 0 aliphatic rings. The van der Waals surface area contributed by atoms with Crippen molar-refractivity contribution >= 4 is 22.6 Å². The molecule has 3 rings (SSSR count). The average molecular weight is 320 g/mol. The van der Waals surface area contributed by atoms with Crippen molar-refractivity contribution in [3.05, 3.63) is 35.9 Å². The van der Waals surface area contributed by atoms with Crippen molar-refractivity contribution in [1.29, 1.82) is 0 Å². The Kier molecular flexibility index (Phi) is 4.00. The molecule has 0 saturated heterocycles. The number of carbonyl (C=O) groups excluding carboxylic acids is 1. The molecule has 9 heteroatoms. The molecule has 0 unspecified atom stereocenters. The van der Waals surface area contributed by atoms with Crippen LogP contribution in [0.4, 0.5) is 14.6 Å². The summed E-state index contributed by atoms with van der Waals surface area (Å²) in [5.41, 5.74) is 0.539. The van der Waals surface area contributed by atoms with Gasteiger partial charge < -0.3 is 5.32 Å². The van der Waals surface area contributed by atoms with Crippen molar-refractivity contribution < 1.29 is 13.6 Å². The molecule has 0 aliphatic carbocycles. The quantitative estimate of drug-likeness (QED) is 0.751. The van der Waals surface area contributed by atoms with Gasteiger partial charge in [0.15, 0.2) is 11.6 Å². The van der Waals surface area contributed by atoms with E-state index in [0.717, 1.165) is 0 Å². The highest BCUT2D eigenvalue weighted by Gasteiger charge is 2.16. The molecule has 2 heterocycles. The van der Waals surface area contributed by atoms with Crippen molar-refractivity contribution in [3.8, 4) is 0 Å². The fourth-order valence-corrected chi connectivity index (χ4v) is 2.28. The molecule has 0 atom stereocenters. The Hall–Kier alpha value is -2.84. The number of carbonyl (C=O) groups is 1. The first kappa shape index (κ1) is 15.1. The topological polar surface area (TPSA) is 88.5 Å². The summed E-state index contributed by atoms with van der Waals surface area (Å²) in [6, 6.07) is 6.88. The lowest BCUT2D eigenvalue weighted by Crippen LogP contribution is -2.16. The molecule has 1 aromatic carbocycles. The number of rotatable bonds is 5. The molecule has 0 fully saturated rings. The lowest BCUT2D eigenvalue weighted by atomic mass is 10.2. The highest BCUT2D eigenvalue weighted by Crippen LogP contribution is 2.23. The number of aryl methyl sites for hydroxylation is 1. The minimum atomic E-state index is -2.53. The second kappa shape index (κ2) is 6.11. The van der Waals surface area contributed by atoms with Gasteiger partial charge in [0.25, 0.3) is 6.43 Å². The van der Waals surface area contributed by atoms with Crippen LogP contribution in [0, 0.1) is 6.92 Å². The smallest absolute Gasteiger partial charge is 0.257 e. The number of aromatic nitrogens is 5. The van der Waals surface area contributed by atoms with Gasteiger partial charge in [-0.2, -0.15) is 10.2 Å². The van der Waals surface area contributed by atoms with Gasteiger partial charge in [0.2, 0.25) is 5.91 Å². The van der Waals surface area contributed by atoms with E-state index in [0.29, 0.717) is 22.6 Å². The maximum atomic E-state index is 12.6. The normalized spacial score (nSPS) is 11.3. The van der Waals surface area contributed by atoms with Crippen molar-refractivity contribution in [2.75, 3.05) is 5.32 Å². The number of anilines is 1. The number of fused-ring (bicyclic) bond motifs is 1. The molecule has 0 spiro atoms. The van der Waals surface area contributed by atoms with E-state index in [9.17, 15) is 13.6 Å². The zero-order valence-electron chi connectivity index (χ0n) is 12.3. The van der Waals surface area contributed by atoms with Gasteiger partial charge >= 0.3 is 0 Å². The summed E-state index contributed by atoms with van der Waals surface area (Å²) in [4.78, 5) is 16.1. The van der Waals surface area contributed by atoms with Crippen LogP contribution in [0.25, 0.3) is 10.9 Å². The summed E-state index contributed by atoms with van der Waals surface area (Å²) in [6.07, 6.45) is -2.56. The molecule has 0 radical (unpaired) electrons. The number of hydrogen-bond donors (Lipinski definition) is 2. The van der Waals surface area contributed by atoms with Gasteiger partial charge in [-0.1, -0.05) is 12.1 Å². The average Bonchev–Trinajstić information content (AvgIpc) is 3.04. The SMILES string of the molecule is Cc1nc(CC(=O)Nc2nn(CC(F)F)c3ccccc23)n[nH]1. The Morgan fingerprint density at radius 2 is 2.17 bits per heavy atom. The Balaban J connectivity index is 1.83. The van der Waals surface area contributed by atoms with Gasteiger partial charge in [-0.3, -0.25) is 14.6 Å². The van der Waals surface area contributed by atoms with E-state index in [1.165, 1.54) is 4.68 Å². The van der Waals surface area contributed by atoms with Crippen LogP contribution < -0.4 is 5.32 Å². The monoisotopic (exact) mass is 320 g/mol. The first-order valence-corrected chi connectivity index (χ1v) is 6.94. The number of hydrogen-bond acceptors (Lipinski definition) is 4. The minimum absolute atomic E-state index is 0.0274. The largest absolute Gasteiger partial charge is 0.308 e. The van der Waals surface area contributed by atoms with Crippen molar-refractivity contribution in [3.63, 3.8) is 0 Å². The zero-order chi connectivity index (χ0) is 16.4. The predicted octanol–water partition coefficient (Wildman–Crippen LogP) is 1.91. The van der Waals surface area contributed by atoms with E-state index in [-0.39, 0.29) is 18.1 Å². The van der Waals surface area contributed by atoms with E-state index < -0.39 is 13.0 Å². The molecule has 3 aromatic rings. The first-order chi connectivity index (χ1) is 11.0. The summed E-state index contributed by atoms with van der Waals surface area (Å²) in [6.45, 7) is 1.20. The lowest BCUT2D eigenvalue weighted by molar-refractivity contribution is -0.115.